The van der Waals surface area contributed by atoms with E-state index in [0.29, 0.717) is 18.2 Å². The highest BCUT2D eigenvalue weighted by Crippen LogP contribution is 2.16. The van der Waals surface area contributed by atoms with Gasteiger partial charge >= 0.3 is 0 Å². The first-order valence-electron chi connectivity index (χ1n) is 9.38. The van der Waals surface area contributed by atoms with Gasteiger partial charge in [-0.05, 0) is 37.1 Å². The summed E-state index contributed by atoms with van der Waals surface area (Å²) >= 11 is 5.86. The van der Waals surface area contributed by atoms with E-state index >= 15 is 0 Å². The number of ether oxygens (including phenoxy) is 1. The first-order valence-corrected chi connectivity index (χ1v) is 9.75. The molecule has 1 N–H and O–H groups in total. The molecule has 0 spiro atoms. The second-order valence-corrected chi connectivity index (χ2v) is 7.87. The third kappa shape index (κ3) is 6.69. The molecule has 1 fully saturated rings. The summed E-state index contributed by atoms with van der Waals surface area (Å²) in [5.41, 5.74) is -0.822. The monoisotopic (exact) mass is 392 g/mol. The van der Waals surface area contributed by atoms with Gasteiger partial charge in [0.25, 0.3) is 0 Å². The number of carbonyl (C=O) groups excluding carboxylic acids is 1. The lowest BCUT2D eigenvalue weighted by molar-refractivity contribution is -0.124. The normalized spacial score (nSPS) is 17.9. The molecule has 6 nitrogen and oxygen atoms in total. The number of nitriles is 1. The predicted molar refractivity (Wildman–Crippen MR) is 107 cm³/mol. The molecule has 0 saturated carbocycles. The number of rotatable bonds is 8. The van der Waals surface area contributed by atoms with E-state index in [1.165, 1.54) is 0 Å². The fourth-order valence-electron chi connectivity index (χ4n) is 2.83. The van der Waals surface area contributed by atoms with Crippen LogP contribution in [0.15, 0.2) is 24.3 Å². The van der Waals surface area contributed by atoms with Gasteiger partial charge in [0.1, 0.15) is 17.9 Å². The van der Waals surface area contributed by atoms with Crippen molar-refractivity contribution in [1.29, 1.82) is 5.26 Å². The summed E-state index contributed by atoms with van der Waals surface area (Å²) in [6.07, 6.45) is 0. The number of nitrogens with zero attached hydrogens (tertiary/aromatic N) is 3. The third-order valence-corrected chi connectivity index (χ3v) is 5.36. The zero-order valence-electron chi connectivity index (χ0n) is 16.4. The van der Waals surface area contributed by atoms with E-state index in [0.717, 1.165) is 38.5 Å². The van der Waals surface area contributed by atoms with Crippen LogP contribution in [0, 0.1) is 17.2 Å². The number of nitrogens with one attached hydrogen (secondary N) is 1. The molecule has 0 radical (unpaired) electrons. The first kappa shape index (κ1) is 21.5. The van der Waals surface area contributed by atoms with Crippen molar-refractivity contribution in [2.24, 2.45) is 5.92 Å². The van der Waals surface area contributed by atoms with E-state index in [9.17, 15) is 10.1 Å². The Bertz CT molecular complexity index is 651. The molecule has 148 valence electrons. The fraction of sp³-hybridized carbons (Fsp3) is 0.600. The maximum Gasteiger partial charge on any atom is 0.235 e. The van der Waals surface area contributed by atoms with Gasteiger partial charge in [-0.15, -0.1) is 0 Å². The standard InChI is InChI=1S/C20H29ClN4O2/c1-16(2)20(3,15-22)23-19(26)14-25-10-8-24(9-11-25)12-13-27-18-6-4-17(21)5-7-18/h4-7,16H,8-14H2,1-3H3,(H,23,26)/t20-/m0/s1. The highest BCUT2D eigenvalue weighted by molar-refractivity contribution is 6.30. The topological polar surface area (TPSA) is 68.6 Å². The summed E-state index contributed by atoms with van der Waals surface area (Å²) in [4.78, 5) is 16.7. The van der Waals surface area contributed by atoms with Crippen molar-refractivity contribution in [3.8, 4) is 11.8 Å². The van der Waals surface area contributed by atoms with Crippen LogP contribution in [0.2, 0.25) is 5.02 Å². The Morgan fingerprint density at radius 1 is 1.26 bits per heavy atom. The summed E-state index contributed by atoms with van der Waals surface area (Å²) in [7, 11) is 0. The van der Waals surface area contributed by atoms with E-state index in [4.69, 9.17) is 16.3 Å². The minimum atomic E-state index is -0.822. The minimum Gasteiger partial charge on any atom is -0.492 e. The quantitative estimate of drug-likeness (QED) is 0.735. The van der Waals surface area contributed by atoms with Crippen molar-refractivity contribution < 1.29 is 9.53 Å². The Morgan fingerprint density at radius 2 is 1.85 bits per heavy atom. The van der Waals surface area contributed by atoms with Crippen molar-refractivity contribution in [3.05, 3.63) is 29.3 Å². The SMILES string of the molecule is CC(C)[C@](C)(C#N)NC(=O)CN1CCN(CCOc2ccc(Cl)cc2)CC1. The molecular weight excluding hydrogens is 364 g/mol. The zero-order valence-corrected chi connectivity index (χ0v) is 17.1. The van der Waals surface area contributed by atoms with Crippen molar-refractivity contribution in [3.63, 3.8) is 0 Å². The second kappa shape index (κ2) is 9.93. The molecule has 7 heteroatoms. The van der Waals surface area contributed by atoms with Gasteiger partial charge in [0.2, 0.25) is 5.91 Å². The van der Waals surface area contributed by atoms with Gasteiger partial charge in [-0.2, -0.15) is 5.26 Å². The van der Waals surface area contributed by atoms with E-state index < -0.39 is 5.54 Å². The maximum absolute atomic E-state index is 12.3. The Kier molecular flexibility index (Phi) is 7.91. The molecule has 1 aliphatic rings. The largest absolute Gasteiger partial charge is 0.492 e. The Hall–Kier alpha value is -1.81. The molecule has 27 heavy (non-hydrogen) atoms. The van der Waals surface area contributed by atoms with Gasteiger partial charge in [-0.3, -0.25) is 14.6 Å². The fourth-order valence-corrected chi connectivity index (χ4v) is 2.95. The second-order valence-electron chi connectivity index (χ2n) is 7.44. The van der Waals surface area contributed by atoms with E-state index in [-0.39, 0.29) is 11.8 Å². The lowest BCUT2D eigenvalue weighted by Gasteiger charge is -2.35. The van der Waals surface area contributed by atoms with E-state index in [2.05, 4.69) is 21.2 Å². The van der Waals surface area contributed by atoms with Crippen LogP contribution in [0.1, 0.15) is 20.8 Å². The van der Waals surface area contributed by atoms with Crippen LogP contribution in [0.25, 0.3) is 0 Å². The van der Waals surface area contributed by atoms with Crippen LogP contribution in [-0.4, -0.2) is 67.1 Å². The molecule has 2 rings (SSSR count). The molecule has 0 unspecified atom stereocenters. The summed E-state index contributed by atoms with van der Waals surface area (Å²) in [6.45, 7) is 10.9. The van der Waals surface area contributed by atoms with E-state index in [1.54, 1.807) is 6.92 Å². The molecule has 1 atom stereocenters. The number of carbonyl (C=O) groups is 1. The molecular formula is C20H29ClN4O2. The number of benzene rings is 1. The molecule has 1 heterocycles. The predicted octanol–water partition coefficient (Wildman–Crippen LogP) is 2.39. The summed E-state index contributed by atoms with van der Waals surface area (Å²) in [5, 5.41) is 12.9. The van der Waals surface area contributed by atoms with Crippen molar-refractivity contribution in [2.75, 3.05) is 45.9 Å². The van der Waals surface area contributed by atoms with Crippen LogP contribution in [0.5, 0.6) is 5.75 Å². The van der Waals surface area contributed by atoms with Crippen LogP contribution in [-0.2, 0) is 4.79 Å². The number of amides is 1. The van der Waals surface area contributed by atoms with Crippen LogP contribution >= 0.6 is 11.6 Å². The number of halogens is 1. The lowest BCUT2D eigenvalue weighted by atomic mass is 9.90. The smallest absolute Gasteiger partial charge is 0.235 e. The number of hydrogen-bond acceptors (Lipinski definition) is 5. The Balaban J connectivity index is 1.67. The van der Waals surface area contributed by atoms with Crippen molar-refractivity contribution >= 4 is 17.5 Å². The van der Waals surface area contributed by atoms with Crippen LogP contribution < -0.4 is 10.1 Å². The molecule has 1 aliphatic heterocycles. The Labute approximate surface area is 167 Å². The van der Waals surface area contributed by atoms with Gasteiger partial charge in [0.15, 0.2) is 0 Å². The maximum atomic E-state index is 12.3. The van der Waals surface area contributed by atoms with Crippen molar-refractivity contribution in [2.45, 2.75) is 26.3 Å². The van der Waals surface area contributed by atoms with Gasteiger partial charge in [-0.1, -0.05) is 25.4 Å². The van der Waals surface area contributed by atoms with Crippen LogP contribution in [0.4, 0.5) is 0 Å². The minimum absolute atomic E-state index is 0.0592. The molecule has 1 aromatic rings. The Morgan fingerprint density at radius 3 is 2.41 bits per heavy atom. The molecule has 0 aliphatic carbocycles. The number of hydrogen-bond donors (Lipinski definition) is 1. The van der Waals surface area contributed by atoms with Gasteiger partial charge in [0, 0.05) is 37.7 Å². The van der Waals surface area contributed by atoms with Gasteiger partial charge in [0.05, 0.1) is 12.6 Å². The zero-order chi connectivity index (χ0) is 19.9. The van der Waals surface area contributed by atoms with E-state index in [1.807, 2.05) is 38.1 Å². The first-order chi connectivity index (χ1) is 12.8. The molecule has 0 bridgehead atoms. The van der Waals surface area contributed by atoms with Crippen LogP contribution in [0.3, 0.4) is 0 Å². The molecule has 1 aromatic carbocycles. The number of piperazine rings is 1. The lowest BCUT2D eigenvalue weighted by Crippen LogP contribution is -2.54. The van der Waals surface area contributed by atoms with Gasteiger partial charge in [-0.25, -0.2) is 0 Å². The third-order valence-electron chi connectivity index (χ3n) is 5.11. The van der Waals surface area contributed by atoms with Crippen molar-refractivity contribution in [1.82, 2.24) is 15.1 Å². The van der Waals surface area contributed by atoms with Gasteiger partial charge < -0.3 is 10.1 Å². The molecule has 0 aromatic heterocycles. The summed E-state index contributed by atoms with van der Waals surface area (Å²) in [6, 6.07) is 9.58. The summed E-state index contributed by atoms with van der Waals surface area (Å²) in [5.74, 6) is 0.789. The summed E-state index contributed by atoms with van der Waals surface area (Å²) < 4.78 is 5.74. The highest BCUT2D eigenvalue weighted by atomic mass is 35.5. The molecule has 1 saturated heterocycles. The average molecular weight is 393 g/mol. The highest BCUT2D eigenvalue weighted by Gasteiger charge is 2.30. The average Bonchev–Trinajstić information content (AvgIpc) is 2.64. The molecule has 1 amide bonds.